The van der Waals surface area contributed by atoms with E-state index in [1.807, 2.05) is 18.2 Å². The van der Waals surface area contributed by atoms with Crippen LogP contribution in [-0.2, 0) is 16.0 Å². The number of nitrogens with one attached hydrogen (secondary N) is 1. The molecule has 0 aromatic heterocycles. The van der Waals surface area contributed by atoms with Crippen LogP contribution in [0.1, 0.15) is 18.9 Å². The molecule has 0 aliphatic heterocycles. The number of rotatable bonds is 8. The summed E-state index contributed by atoms with van der Waals surface area (Å²) in [7, 11) is 0. The molecule has 0 atom stereocenters. The summed E-state index contributed by atoms with van der Waals surface area (Å²) >= 11 is 0. The molecular formula is C16H23NO5. The van der Waals surface area contributed by atoms with Crippen LogP contribution in [0.5, 0.6) is 5.75 Å². The fraction of sp³-hybridized carbons (Fsp3) is 0.375. The van der Waals surface area contributed by atoms with E-state index in [1.54, 1.807) is 0 Å². The zero-order chi connectivity index (χ0) is 16.8. The van der Waals surface area contributed by atoms with Crippen molar-refractivity contribution in [2.45, 2.75) is 19.8 Å². The van der Waals surface area contributed by atoms with Crippen LogP contribution in [0.3, 0.4) is 0 Å². The number of hydrogen-bond donors (Lipinski definition) is 3. The second-order valence-electron chi connectivity index (χ2n) is 4.30. The van der Waals surface area contributed by atoms with Crippen molar-refractivity contribution >= 4 is 11.9 Å². The van der Waals surface area contributed by atoms with Gasteiger partial charge in [0.1, 0.15) is 5.75 Å². The Labute approximate surface area is 130 Å². The highest BCUT2D eigenvalue weighted by Gasteiger charge is 2.04. The van der Waals surface area contributed by atoms with Gasteiger partial charge in [-0.1, -0.05) is 25.1 Å². The highest BCUT2D eigenvalue weighted by Crippen LogP contribution is 2.12. The molecule has 0 amide bonds. The lowest BCUT2D eigenvalue weighted by Gasteiger charge is -2.06. The molecule has 0 saturated heterocycles. The van der Waals surface area contributed by atoms with E-state index in [9.17, 15) is 0 Å². The first-order valence-electron chi connectivity index (χ1n) is 7.00. The normalized spacial score (nSPS) is 9.32. The summed E-state index contributed by atoms with van der Waals surface area (Å²) in [5, 5.41) is 18.0. The SMILES string of the molecule is C=CCNCCCOc1ccc(CC)cc1.O=C(O)C(=O)O. The summed E-state index contributed by atoms with van der Waals surface area (Å²) < 4.78 is 5.62. The summed E-state index contributed by atoms with van der Waals surface area (Å²) in [6, 6.07) is 8.31. The quantitative estimate of drug-likeness (QED) is 0.386. The van der Waals surface area contributed by atoms with Crippen LogP contribution in [0, 0.1) is 0 Å². The Bertz CT molecular complexity index is 444. The second-order valence-corrected chi connectivity index (χ2v) is 4.30. The average molecular weight is 309 g/mol. The fourth-order valence-corrected chi connectivity index (χ4v) is 1.41. The van der Waals surface area contributed by atoms with Gasteiger partial charge in [-0.2, -0.15) is 0 Å². The number of carboxylic acids is 2. The van der Waals surface area contributed by atoms with E-state index in [4.69, 9.17) is 24.5 Å². The van der Waals surface area contributed by atoms with Gasteiger partial charge < -0.3 is 20.3 Å². The monoisotopic (exact) mass is 309 g/mol. The fourth-order valence-electron chi connectivity index (χ4n) is 1.41. The molecule has 0 aliphatic rings. The lowest BCUT2D eigenvalue weighted by molar-refractivity contribution is -0.159. The zero-order valence-corrected chi connectivity index (χ0v) is 12.7. The maximum absolute atomic E-state index is 9.10. The standard InChI is InChI=1S/C14H21NO.C2H2O4/c1-3-10-15-11-5-12-16-14-8-6-13(4-2)7-9-14;3-1(4)2(5)6/h3,6-9,15H,1,4-5,10-12H2,2H3;(H,3,4)(H,5,6). The summed E-state index contributed by atoms with van der Waals surface area (Å²) in [6.07, 6.45) is 3.96. The number of aliphatic carboxylic acids is 2. The largest absolute Gasteiger partial charge is 0.494 e. The van der Waals surface area contributed by atoms with Crippen molar-refractivity contribution in [1.82, 2.24) is 5.32 Å². The number of ether oxygens (including phenoxy) is 1. The van der Waals surface area contributed by atoms with Crippen molar-refractivity contribution in [3.05, 3.63) is 42.5 Å². The lowest BCUT2D eigenvalue weighted by Crippen LogP contribution is -2.17. The number of carboxylic acid groups (broad SMARTS) is 2. The maximum Gasteiger partial charge on any atom is 0.414 e. The van der Waals surface area contributed by atoms with Crippen molar-refractivity contribution in [2.24, 2.45) is 0 Å². The van der Waals surface area contributed by atoms with Crippen molar-refractivity contribution < 1.29 is 24.5 Å². The van der Waals surface area contributed by atoms with Crippen molar-refractivity contribution in [3.63, 3.8) is 0 Å². The minimum atomic E-state index is -1.82. The predicted octanol–water partition coefficient (Wildman–Crippen LogP) is 1.95. The van der Waals surface area contributed by atoms with Crippen LogP contribution < -0.4 is 10.1 Å². The third kappa shape index (κ3) is 10.4. The van der Waals surface area contributed by atoms with Crippen LogP contribution >= 0.6 is 0 Å². The van der Waals surface area contributed by atoms with E-state index in [0.29, 0.717) is 0 Å². The smallest absolute Gasteiger partial charge is 0.414 e. The van der Waals surface area contributed by atoms with Gasteiger partial charge in [-0.3, -0.25) is 0 Å². The van der Waals surface area contributed by atoms with Gasteiger partial charge in [0.25, 0.3) is 0 Å². The van der Waals surface area contributed by atoms with Crippen LogP contribution in [-0.4, -0.2) is 41.8 Å². The van der Waals surface area contributed by atoms with Crippen LogP contribution in [0.25, 0.3) is 0 Å². The first kappa shape index (κ1) is 19.7. The minimum absolute atomic E-state index is 0.760. The minimum Gasteiger partial charge on any atom is -0.494 e. The van der Waals surface area contributed by atoms with E-state index in [2.05, 4.69) is 31.0 Å². The molecule has 0 heterocycles. The third-order valence-electron chi connectivity index (χ3n) is 2.57. The van der Waals surface area contributed by atoms with Crippen LogP contribution in [0.2, 0.25) is 0 Å². The molecule has 0 radical (unpaired) electrons. The predicted molar refractivity (Wildman–Crippen MR) is 84.3 cm³/mol. The average Bonchev–Trinajstić information content (AvgIpc) is 2.52. The van der Waals surface area contributed by atoms with Gasteiger partial charge in [-0.05, 0) is 37.1 Å². The topological polar surface area (TPSA) is 95.9 Å². The van der Waals surface area contributed by atoms with Gasteiger partial charge >= 0.3 is 11.9 Å². The molecule has 3 N–H and O–H groups in total. The molecular weight excluding hydrogens is 286 g/mol. The molecule has 0 aliphatic carbocycles. The Morgan fingerprint density at radius 1 is 1.23 bits per heavy atom. The molecule has 6 heteroatoms. The number of benzene rings is 1. The first-order valence-corrected chi connectivity index (χ1v) is 7.00. The van der Waals surface area contributed by atoms with Crippen molar-refractivity contribution in [3.8, 4) is 5.75 Å². The molecule has 22 heavy (non-hydrogen) atoms. The molecule has 6 nitrogen and oxygen atoms in total. The number of hydrogen-bond acceptors (Lipinski definition) is 4. The van der Waals surface area contributed by atoms with Crippen LogP contribution in [0.4, 0.5) is 0 Å². The number of carbonyl (C=O) groups is 2. The zero-order valence-electron chi connectivity index (χ0n) is 12.7. The molecule has 0 bridgehead atoms. The Kier molecular flexibility index (Phi) is 11.1. The van der Waals surface area contributed by atoms with E-state index in [-0.39, 0.29) is 0 Å². The molecule has 0 fully saturated rings. The Morgan fingerprint density at radius 3 is 2.27 bits per heavy atom. The number of aryl methyl sites for hydroxylation is 1. The molecule has 0 unspecified atom stereocenters. The van der Waals surface area contributed by atoms with Gasteiger partial charge in [-0.15, -0.1) is 6.58 Å². The highest BCUT2D eigenvalue weighted by atomic mass is 16.5. The Balaban J connectivity index is 0.000000626. The van der Waals surface area contributed by atoms with Gasteiger partial charge in [0.05, 0.1) is 6.61 Å². The van der Waals surface area contributed by atoms with Gasteiger partial charge in [0.15, 0.2) is 0 Å². The summed E-state index contributed by atoms with van der Waals surface area (Å²) in [5.74, 6) is -2.69. The van der Waals surface area contributed by atoms with E-state index in [1.165, 1.54) is 5.56 Å². The lowest BCUT2D eigenvalue weighted by atomic mass is 10.2. The third-order valence-corrected chi connectivity index (χ3v) is 2.57. The second kappa shape index (κ2) is 12.4. The summed E-state index contributed by atoms with van der Waals surface area (Å²) in [6.45, 7) is 8.40. The van der Waals surface area contributed by atoms with Crippen molar-refractivity contribution in [2.75, 3.05) is 19.7 Å². The maximum atomic E-state index is 9.10. The van der Waals surface area contributed by atoms with Gasteiger partial charge in [-0.25, -0.2) is 9.59 Å². The summed E-state index contributed by atoms with van der Waals surface area (Å²) in [4.78, 5) is 18.2. The molecule has 0 spiro atoms. The van der Waals surface area contributed by atoms with Crippen molar-refractivity contribution in [1.29, 1.82) is 0 Å². The van der Waals surface area contributed by atoms with E-state index >= 15 is 0 Å². The van der Waals surface area contributed by atoms with Gasteiger partial charge in [0.2, 0.25) is 0 Å². The molecule has 122 valence electrons. The molecule has 1 rings (SSSR count). The van der Waals surface area contributed by atoms with E-state index < -0.39 is 11.9 Å². The Morgan fingerprint density at radius 2 is 1.82 bits per heavy atom. The molecule has 1 aromatic rings. The van der Waals surface area contributed by atoms with E-state index in [0.717, 1.165) is 38.3 Å². The molecule has 0 saturated carbocycles. The molecule has 1 aromatic carbocycles. The van der Waals surface area contributed by atoms with Gasteiger partial charge in [0, 0.05) is 6.54 Å². The highest BCUT2D eigenvalue weighted by molar-refractivity contribution is 6.27. The Hall–Kier alpha value is -2.34. The summed E-state index contributed by atoms with van der Waals surface area (Å²) in [5.41, 5.74) is 1.35. The first-order chi connectivity index (χ1) is 10.5. The van der Waals surface area contributed by atoms with Crippen LogP contribution in [0.15, 0.2) is 36.9 Å².